The Bertz CT molecular complexity index is 197. The van der Waals surface area contributed by atoms with Crippen LogP contribution in [-0.2, 0) is 0 Å². The van der Waals surface area contributed by atoms with Crippen molar-refractivity contribution in [1.82, 2.24) is 0 Å². The molecule has 0 heterocycles. The molecule has 1 rings (SSSR count). The quantitative estimate of drug-likeness (QED) is 0.448. The van der Waals surface area contributed by atoms with Gasteiger partial charge in [0.15, 0.2) is 0 Å². The molecule has 0 amide bonds. The van der Waals surface area contributed by atoms with E-state index in [4.69, 9.17) is 0 Å². The number of hydrogen-bond acceptors (Lipinski definition) is 1. The SMILES string of the molecule is C=C(C/N=C(\C)C(C)C)C1CC1. The summed E-state index contributed by atoms with van der Waals surface area (Å²) in [5.74, 6) is 1.38. The molecule has 0 radical (unpaired) electrons. The first-order valence-electron chi connectivity index (χ1n) is 4.80. The molecule has 1 heteroatoms. The fourth-order valence-corrected chi connectivity index (χ4v) is 1.03. The van der Waals surface area contributed by atoms with Crippen LogP contribution < -0.4 is 0 Å². The Kier molecular flexibility index (Phi) is 3.07. The van der Waals surface area contributed by atoms with Gasteiger partial charge in [-0.05, 0) is 31.6 Å². The summed E-state index contributed by atoms with van der Waals surface area (Å²) in [6.45, 7) is 11.4. The van der Waals surface area contributed by atoms with E-state index in [1.807, 2.05) is 0 Å². The third-order valence-corrected chi connectivity index (χ3v) is 2.52. The van der Waals surface area contributed by atoms with Crippen molar-refractivity contribution in [2.45, 2.75) is 33.6 Å². The molecule has 0 N–H and O–H groups in total. The Morgan fingerprint density at radius 3 is 2.50 bits per heavy atom. The smallest absolute Gasteiger partial charge is 0.0599 e. The van der Waals surface area contributed by atoms with Crippen molar-refractivity contribution in [3.63, 3.8) is 0 Å². The normalized spacial score (nSPS) is 18.5. The van der Waals surface area contributed by atoms with Crippen LogP contribution in [0.15, 0.2) is 17.1 Å². The van der Waals surface area contributed by atoms with Crippen molar-refractivity contribution in [1.29, 1.82) is 0 Å². The molecule has 0 unspecified atom stereocenters. The maximum absolute atomic E-state index is 4.50. The maximum atomic E-state index is 4.50. The van der Waals surface area contributed by atoms with Crippen molar-refractivity contribution in [2.24, 2.45) is 16.8 Å². The third kappa shape index (κ3) is 2.80. The number of hydrogen-bond donors (Lipinski definition) is 0. The minimum absolute atomic E-state index is 0.581. The highest BCUT2D eigenvalue weighted by Crippen LogP contribution is 2.35. The van der Waals surface area contributed by atoms with Crippen LogP contribution in [0, 0.1) is 11.8 Å². The zero-order valence-electron chi connectivity index (χ0n) is 8.43. The average molecular weight is 165 g/mol. The van der Waals surface area contributed by atoms with Gasteiger partial charge in [0.25, 0.3) is 0 Å². The van der Waals surface area contributed by atoms with Crippen LogP contribution in [0.4, 0.5) is 0 Å². The molecule has 1 aliphatic rings. The lowest BCUT2D eigenvalue weighted by atomic mass is 10.1. The first-order chi connectivity index (χ1) is 5.61. The summed E-state index contributed by atoms with van der Waals surface area (Å²) in [4.78, 5) is 4.50. The second kappa shape index (κ2) is 3.88. The van der Waals surface area contributed by atoms with Gasteiger partial charge in [-0.25, -0.2) is 0 Å². The molecule has 0 aromatic heterocycles. The summed E-state index contributed by atoms with van der Waals surface area (Å²) < 4.78 is 0. The van der Waals surface area contributed by atoms with Gasteiger partial charge in [-0.2, -0.15) is 0 Å². The van der Waals surface area contributed by atoms with E-state index in [9.17, 15) is 0 Å². The molecule has 0 bridgehead atoms. The average Bonchev–Trinajstić information content (AvgIpc) is 2.81. The van der Waals surface area contributed by atoms with Crippen LogP contribution in [0.5, 0.6) is 0 Å². The van der Waals surface area contributed by atoms with E-state index in [0.717, 1.165) is 12.5 Å². The number of nitrogens with zero attached hydrogens (tertiary/aromatic N) is 1. The summed E-state index contributed by atoms with van der Waals surface area (Å²) >= 11 is 0. The fourth-order valence-electron chi connectivity index (χ4n) is 1.03. The zero-order chi connectivity index (χ0) is 9.14. The molecule has 68 valence electrons. The van der Waals surface area contributed by atoms with Gasteiger partial charge in [-0.15, -0.1) is 0 Å². The molecule has 0 atom stereocenters. The van der Waals surface area contributed by atoms with E-state index >= 15 is 0 Å². The highest BCUT2D eigenvalue weighted by Gasteiger charge is 2.23. The van der Waals surface area contributed by atoms with E-state index in [0.29, 0.717) is 5.92 Å². The second-order valence-corrected chi connectivity index (χ2v) is 4.04. The van der Waals surface area contributed by atoms with E-state index in [1.54, 1.807) is 0 Å². The molecular formula is C11H19N. The predicted molar refractivity (Wildman–Crippen MR) is 54.7 cm³/mol. The summed E-state index contributed by atoms with van der Waals surface area (Å²) in [6.07, 6.45) is 2.68. The molecule has 0 aromatic carbocycles. The molecule has 0 aromatic rings. The summed E-state index contributed by atoms with van der Waals surface area (Å²) in [6, 6.07) is 0. The molecule has 0 saturated heterocycles. The van der Waals surface area contributed by atoms with Crippen molar-refractivity contribution in [3.8, 4) is 0 Å². The van der Waals surface area contributed by atoms with E-state index in [2.05, 4.69) is 32.3 Å². The molecule has 0 aliphatic heterocycles. The van der Waals surface area contributed by atoms with Crippen LogP contribution in [0.25, 0.3) is 0 Å². The third-order valence-electron chi connectivity index (χ3n) is 2.52. The Labute approximate surface area is 75.6 Å². The Morgan fingerprint density at radius 2 is 2.08 bits per heavy atom. The summed E-state index contributed by atoms with van der Waals surface area (Å²) in [5.41, 5.74) is 2.58. The molecule has 1 nitrogen and oxygen atoms in total. The predicted octanol–water partition coefficient (Wildman–Crippen LogP) is 3.07. The number of rotatable bonds is 4. The van der Waals surface area contributed by atoms with Crippen molar-refractivity contribution in [2.75, 3.05) is 6.54 Å². The monoisotopic (exact) mass is 165 g/mol. The lowest BCUT2D eigenvalue weighted by Gasteiger charge is -2.04. The second-order valence-electron chi connectivity index (χ2n) is 4.04. The van der Waals surface area contributed by atoms with Gasteiger partial charge >= 0.3 is 0 Å². The molecule has 1 saturated carbocycles. The molecule has 1 aliphatic carbocycles. The Hall–Kier alpha value is -0.590. The van der Waals surface area contributed by atoms with Gasteiger partial charge in [0, 0.05) is 5.71 Å². The van der Waals surface area contributed by atoms with Crippen molar-refractivity contribution < 1.29 is 0 Å². The minimum atomic E-state index is 0.581. The first-order valence-corrected chi connectivity index (χ1v) is 4.80. The van der Waals surface area contributed by atoms with Gasteiger partial charge in [0.1, 0.15) is 0 Å². The van der Waals surface area contributed by atoms with Gasteiger partial charge in [-0.1, -0.05) is 26.0 Å². The van der Waals surface area contributed by atoms with Crippen molar-refractivity contribution >= 4 is 5.71 Å². The minimum Gasteiger partial charge on any atom is -0.290 e. The largest absolute Gasteiger partial charge is 0.290 e. The summed E-state index contributed by atoms with van der Waals surface area (Å²) in [7, 11) is 0. The van der Waals surface area contributed by atoms with Crippen LogP contribution in [0.3, 0.4) is 0 Å². The van der Waals surface area contributed by atoms with Gasteiger partial charge in [0.2, 0.25) is 0 Å². The van der Waals surface area contributed by atoms with Crippen LogP contribution >= 0.6 is 0 Å². The van der Waals surface area contributed by atoms with Gasteiger partial charge < -0.3 is 0 Å². The molecule has 12 heavy (non-hydrogen) atoms. The van der Waals surface area contributed by atoms with Crippen LogP contribution in [0.2, 0.25) is 0 Å². The molecule has 0 spiro atoms. The van der Waals surface area contributed by atoms with E-state index in [1.165, 1.54) is 24.1 Å². The summed E-state index contributed by atoms with van der Waals surface area (Å²) in [5, 5.41) is 0. The first kappa shape index (κ1) is 9.50. The topological polar surface area (TPSA) is 12.4 Å². The van der Waals surface area contributed by atoms with Crippen molar-refractivity contribution in [3.05, 3.63) is 12.2 Å². The van der Waals surface area contributed by atoms with E-state index < -0.39 is 0 Å². The van der Waals surface area contributed by atoms with Gasteiger partial charge in [0.05, 0.1) is 6.54 Å². The van der Waals surface area contributed by atoms with E-state index in [-0.39, 0.29) is 0 Å². The lowest BCUT2D eigenvalue weighted by molar-refractivity contribution is 0.858. The Morgan fingerprint density at radius 1 is 1.50 bits per heavy atom. The van der Waals surface area contributed by atoms with Gasteiger partial charge in [-0.3, -0.25) is 4.99 Å². The highest BCUT2D eigenvalue weighted by molar-refractivity contribution is 5.83. The molecular weight excluding hydrogens is 146 g/mol. The maximum Gasteiger partial charge on any atom is 0.0599 e. The fraction of sp³-hybridized carbons (Fsp3) is 0.727. The number of aliphatic imine (C=N–C) groups is 1. The molecule has 1 fully saturated rings. The Balaban J connectivity index is 2.31. The van der Waals surface area contributed by atoms with Crippen LogP contribution in [-0.4, -0.2) is 12.3 Å². The standard InChI is InChI=1S/C11H19N/c1-8(2)10(4)12-7-9(3)11-5-6-11/h8,11H,3,5-7H2,1-2,4H3/b12-10+. The zero-order valence-corrected chi connectivity index (χ0v) is 8.43. The highest BCUT2D eigenvalue weighted by atomic mass is 14.7. The lowest BCUT2D eigenvalue weighted by Crippen LogP contribution is -2.03. The van der Waals surface area contributed by atoms with Crippen LogP contribution in [0.1, 0.15) is 33.6 Å².